The lowest BCUT2D eigenvalue weighted by atomic mass is 10.2. The molecule has 0 bridgehead atoms. The van der Waals surface area contributed by atoms with Gasteiger partial charge in [0.2, 0.25) is 6.29 Å². The summed E-state index contributed by atoms with van der Waals surface area (Å²) in [6.07, 6.45) is 2.16. The molecule has 0 atom stereocenters. The fourth-order valence-electron chi connectivity index (χ4n) is 1.94. The first-order valence-electron chi connectivity index (χ1n) is 6.22. The van der Waals surface area contributed by atoms with Crippen molar-refractivity contribution in [3.63, 3.8) is 0 Å². The van der Waals surface area contributed by atoms with Crippen LogP contribution in [0, 0.1) is 0 Å². The molecule has 99 valence electrons. The number of hydrogen-bond acceptors (Lipinski definition) is 4. The molecule has 1 aromatic heterocycles. The fourth-order valence-corrected chi connectivity index (χ4v) is 1.94. The highest BCUT2D eigenvalue weighted by Gasteiger charge is 2.03. The summed E-state index contributed by atoms with van der Waals surface area (Å²) in [5.41, 5.74) is 2.69. The van der Waals surface area contributed by atoms with E-state index in [4.69, 9.17) is 4.74 Å². The third kappa shape index (κ3) is 2.51. The van der Waals surface area contributed by atoms with Crippen molar-refractivity contribution in [1.82, 2.24) is 15.0 Å². The van der Waals surface area contributed by atoms with Crippen LogP contribution in [-0.2, 0) is 17.9 Å². The van der Waals surface area contributed by atoms with E-state index in [2.05, 4.69) is 10.3 Å². The fraction of sp³-hybridized carbons (Fsp3) is 0.133. The Balaban J connectivity index is 1.71. The molecule has 0 saturated heterocycles. The molecule has 0 saturated carbocycles. The van der Waals surface area contributed by atoms with Crippen LogP contribution >= 0.6 is 0 Å². The first kappa shape index (κ1) is 12.3. The highest BCUT2D eigenvalue weighted by atomic mass is 16.5. The summed E-state index contributed by atoms with van der Waals surface area (Å²) in [5.74, 6) is 0.722. The quantitative estimate of drug-likeness (QED) is 0.709. The largest absolute Gasteiger partial charge is 0.471 e. The van der Waals surface area contributed by atoms with Crippen molar-refractivity contribution in [3.05, 3.63) is 54.1 Å². The van der Waals surface area contributed by atoms with Crippen LogP contribution in [0.4, 0.5) is 0 Å². The maximum atomic E-state index is 10.3. The second kappa shape index (κ2) is 5.52. The van der Waals surface area contributed by atoms with E-state index < -0.39 is 0 Å². The molecule has 0 aliphatic rings. The van der Waals surface area contributed by atoms with Gasteiger partial charge in [-0.1, -0.05) is 29.5 Å². The van der Waals surface area contributed by atoms with Crippen LogP contribution in [-0.4, -0.2) is 21.3 Å². The average Bonchev–Trinajstić information content (AvgIpc) is 2.90. The summed E-state index contributed by atoms with van der Waals surface area (Å²) in [6.45, 7) is 0.291. The van der Waals surface area contributed by atoms with Crippen LogP contribution < -0.4 is 4.74 Å². The number of fused-ring (bicyclic) bond motifs is 1. The monoisotopic (exact) mass is 266 g/mol. The number of benzene rings is 2. The Labute approximate surface area is 115 Å². The van der Waals surface area contributed by atoms with Gasteiger partial charge in [0.05, 0.1) is 5.52 Å². The number of para-hydroxylation sites is 1. The molecule has 0 spiro atoms. The smallest absolute Gasteiger partial charge is 0.203 e. The minimum atomic E-state index is 0.291. The van der Waals surface area contributed by atoms with E-state index in [0.717, 1.165) is 22.3 Å². The summed E-state index contributed by atoms with van der Waals surface area (Å²) in [6, 6.07) is 15.1. The zero-order valence-corrected chi connectivity index (χ0v) is 10.7. The van der Waals surface area contributed by atoms with E-state index in [-0.39, 0.29) is 0 Å². The molecule has 0 unspecified atom stereocenters. The van der Waals surface area contributed by atoms with Crippen LogP contribution in [0.1, 0.15) is 5.56 Å². The Hall–Kier alpha value is -2.69. The van der Waals surface area contributed by atoms with Crippen molar-refractivity contribution >= 4 is 17.3 Å². The third-order valence-electron chi connectivity index (χ3n) is 2.97. The number of nitrogens with zero attached hydrogens (tertiary/aromatic N) is 3. The minimum Gasteiger partial charge on any atom is -0.471 e. The Morgan fingerprint density at radius 3 is 2.70 bits per heavy atom. The number of hydrogen-bond donors (Lipinski definition) is 0. The summed E-state index contributed by atoms with van der Waals surface area (Å²) in [5, 5.41) is 8.11. The summed E-state index contributed by atoms with van der Waals surface area (Å²) < 4.78 is 7.35. The van der Waals surface area contributed by atoms with E-state index in [0.29, 0.717) is 13.2 Å². The van der Waals surface area contributed by atoms with Crippen molar-refractivity contribution in [2.45, 2.75) is 13.2 Å². The molecule has 3 rings (SSSR count). The topological polar surface area (TPSA) is 57.0 Å². The molecule has 2 aromatic carbocycles. The Bertz CT molecular complexity index is 719. The molecule has 5 heteroatoms. The van der Waals surface area contributed by atoms with Gasteiger partial charge < -0.3 is 4.74 Å². The second-order valence-corrected chi connectivity index (χ2v) is 4.32. The van der Waals surface area contributed by atoms with Gasteiger partial charge in [-0.2, -0.15) is 0 Å². The van der Waals surface area contributed by atoms with Gasteiger partial charge in [-0.25, -0.2) is 4.68 Å². The zero-order chi connectivity index (χ0) is 13.8. The van der Waals surface area contributed by atoms with Gasteiger partial charge in [0.25, 0.3) is 0 Å². The number of aromatic nitrogens is 3. The van der Waals surface area contributed by atoms with Crippen LogP contribution in [0.3, 0.4) is 0 Å². The van der Waals surface area contributed by atoms with Gasteiger partial charge >= 0.3 is 0 Å². The van der Waals surface area contributed by atoms with Crippen molar-refractivity contribution in [2.75, 3.05) is 0 Å². The van der Waals surface area contributed by atoms with Crippen LogP contribution in [0.25, 0.3) is 11.0 Å². The minimum absolute atomic E-state index is 0.291. The molecule has 20 heavy (non-hydrogen) atoms. The average molecular weight is 266 g/mol. The van der Waals surface area contributed by atoms with Crippen molar-refractivity contribution in [2.24, 2.45) is 0 Å². The lowest BCUT2D eigenvalue weighted by Crippen LogP contribution is -2.06. The van der Waals surface area contributed by atoms with Crippen LogP contribution in [0.5, 0.6) is 5.75 Å². The molecule has 1 heterocycles. The second-order valence-electron chi connectivity index (χ2n) is 4.32. The highest BCUT2D eigenvalue weighted by molar-refractivity contribution is 5.73. The first-order valence-corrected chi connectivity index (χ1v) is 6.22. The van der Waals surface area contributed by atoms with Crippen molar-refractivity contribution in [1.29, 1.82) is 0 Å². The Kier molecular flexibility index (Phi) is 3.41. The van der Waals surface area contributed by atoms with E-state index in [1.165, 1.54) is 0 Å². The molecule has 0 aliphatic heterocycles. The lowest BCUT2D eigenvalue weighted by molar-refractivity contribution is 0.223. The van der Waals surface area contributed by atoms with Crippen LogP contribution in [0.2, 0.25) is 0 Å². The standard InChI is InChI=1S/C15H12N3O2/c19-10-9-12-5-7-13(8-6-12)20-11-18-15-4-2-1-3-14(15)16-17-18/h1-8H,9,11H2. The summed E-state index contributed by atoms with van der Waals surface area (Å²) in [7, 11) is 0. The van der Waals surface area contributed by atoms with E-state index in [1.807, 2.05) is 54.8 Å². The summed E-state index contributed by atoms with van der Waals surface area (Å²) in [4.78, 5) is 10.3. The lowest BCUT2D eigenvalue weighted by Gasteiger charge is -2.06. The maximum Gasteiger partial charge on any atom is 0.203 e. The molecule has 0 N–H and O–H groups in total. The molecular formula is C15H12N3O2. The van der Waals surface area contributed by atoms with Gasteiger partial charge in [-0.3, -0.25) is 4.79 Å². The molecule has 0 amide bonds. The van der Waals surface area contributed by atoms with E-state index >= 15 is 0 Å². The van der Waals surface area contributed by atoms with Gasteiger partial charge in [0, 0.05) is 6.42 Å². The van der Waals surface area contributed by atoms with Crippen LogP contribution in [0.15, 0.2) is 48.5 Å². The number of rotatable bonds is 5. The third-order valence-corrected chi connectivity index (χ3v) is 2.97. The maximum absolute atomic E-state index is 10.3. The summed E-state index contributed by atoms with van der Waals surface area (Å²) >= 11 is 0. The number of ether oxygens (including phenoxy) is 1. The molecule has 0 aliphatic carbocycles. The molecular weight excluding hydrogens is 254 g/mol. The Morgan fingerprint density at radius 1 is 1.10 bits per heavy atom. The molecule has 1 radical (unpaired) electrons. The number of carbonyl (C=O) groups excluding carboxylic acids is 1. The predicted molar refractivity (Wildman–Crippen MR) is 74.0 cm³/mol. The highest BCUT2D eigenvalue weighted by Crippen LogP contribution is 2.14. The van der Waals surface area contributed by atoms with Gasteiger partial charge in [0.1, 0.15) is 11.3 Å². The Morgan fingerprint density at radius 2 is 1.90 bits per heavy atom. The SMILES string of the molecule is O=[C]Cc1ccc(OCn2nnc3ccccc32)cc1. The zero-order valence-electron chi connectivity index (χ0n) is 10.7. The van der Waals surface area contributed by atoms with Crippen molar-refractivity contribution in [3.8, 4) is 5.75 Å². The molecule has 5 nitrogen and oxygen atoms in total. The first-order chi connectivity index (χ1) is 9.86. The van der Waals surface area contributed by atoms with E-state index in [1.54, 1.807) is 4.68 Å². The van der Waals surface area contributed by atoms with Gasteiger partial charge in [-0.05, 0) is 29.8 Å². The molecule has 0 fully saturated rings. The normalized spacial score (nSPS) is 10.6. The van der Waals surface area contributed by atoms with Gasteiger partial charge in [0.15, 0.2) is 6.73 Å². The predicted octanol–water partition coefficient (Wildman–Crippen LogP) is 2.12. The van der Waals surface area contributed by atoms with E-state index in [9.17, 15) is 4.79 Å². The van der Waals surface area contributed by atoms with Crippen molar-refractivity contribution < 1.29 is 9.53 Å². The molecule has 3 aromatic rings. The van der Waals surface area contributed by atoms with Gasteiger partial charge in [-0.15, -0.1) is 5.10 Å².